The highest BCUT2D eigenvalue weighted by Gasteiger charge is 2.42. The molecule has 1 heterocycles. The van der Waals surface area contributed by atoms with Gasteiger partial charge in [-0.2, -0.15) is 0 Å². The van der Waals surface area contributed by atoms with Crippen LogP contribution in [0.4, 0.5) is 0 Å². The summed E-state index contributed by atoms with van der Waals surface area (Å²) in [5.74, 6) is -1.21. The summed E-state index contributed by atoms with van der Waals surface area (Å²) in [6.45, 7) is 4.11. The van der Waals surface area contributed by atoms with Crippen molar-refractivity contribution in [1.29, 1.82) is 0 Å². The van der Waals surface area contributed by atoms with Crippen LogP contribution in [0.2, 0.25) is 0 Å². The number of hydrogen-bond donors (Lipinski definition) is 2. The summed E-state index contributed by atoms with van der Waals surface area (Å²) in [4.78, 5) is 25.2. The lowest BCUT2D eigenvalue weighted by Gasteiger charge is -2.20. The standard InChI is InChI=1S/C15H20N2O5S/c1-3-16-23(21,22)12-6-4-11(5-7-12)13(18)17-9-8-15(2,10-17)14(19)20/h4-7,16H,3,8-10H2,1-2H3,(H,19,20). The average molecular weight is 340 g/mol. The minimum atomic E-state index is -3.55. The molecule has 0 spiro atoms. The zero-order chi connectivity index (χ0) is 17.3. The van der Waals surface area contributed by atoms with Crippen molar-refractivity contribution in [2.75, 3.05) is 19.6 Å². The topological polar surface area (TPSA) is 104 Å². The van der Waals surface area contributed by atoms with Crippen LogP contribution in [-0.4, -0.2) is 49.9 Å². The van der Waals surface area contributed by atoms with E-state index in [1.807, 2.05) is 0 Å². The molecule has 126 valence electrons. The maximum Gasteiger partial charge on any atom is 0.311 e. The second-order valence-electron chi connectivity index (χ2n) is 5.87. The number of aliphatic carboxylic acids is 1. The van der Waals surface area contributed by atoms with Crippen molar-refractivity contribution < 1.29 is 23.1 Å². The Kier molecular flexibility index (Phi) is 4.76. The Morgan fingerprint density at radius 1 is 1.30 bits per heavy atom. The van der Waals surface area contributed by atoms with Crippen molar-refractivity contribution in [3.05, 3.63) is 29.8 Å². The average Bonchev–Trinajstić information content (AvgIpc) is 2.90. The van der Waals surface area contributed by atoms with Gasteiger partial charge >= 0.3 is 5.97 Å². The first-order chi connectivity index (χ1) is 10.7. The number of hydrogen-bond acceptors (Lipinski definition) is 4. The van der Waals surface area contributed by atoms with Crippen molar-refractivity contribution in [1.82, 2.24) is 9.62 Å². The van der Waals surface area contributed by atoms with Crippen molar-refractivity contribution in [3.8, 4) is 0 Å². The van der Waals surface area contributed by atoms with E-state index in [2.05, 4.69) is 4.72 Å². The molecule has 0 radical (unpaired) electrons. The minimum absolute atomic E-state index is 0.0905. The molecule has 1 unspecified atom stereocenters. The fourth-order valence-corrected chi connectivity index (χ4v) is 3.58. The van der Waals surface area contributed by atoms with Gasteiger partial charge in [0.2, 0.25) is 10.0 Å². The van der Waals surface area contributed by atoms with Gasteiger partial charge in [0, 0.05) is 25.2 Å². The molecule has 1 aliphatic heterocycles. The van der Waals surface area contributed by atoms with Gasteiger partial charge in [-0.25, -0.2) is 13.1 Å². The van der Waals surface area contributed by atoms with E-state index in [1.165, 1.54) is 29.2 Å². The highest BCUT2D eigenvalue weighted by molar-refractivity contribution is 7.89. The molecule has 1 aromatic carbocycles. The second kappa shape index (κ2) is 6.29. The first-order valence-electron chi connectivity index (χ1n) is 7.32. The first kappa shape index (κ1) is 17.4. The fourth-order valence-electron chi connectivity index (χ4n) is 2.54. The normalized spacial score (nSPS) is 21.4. The molecule has 7 nitrogen and oxygen atoms in total. The van der Waals surface area contributed by atoms with Gasteiger partial charge in [0.25, 0.3) is 5.91 Å². The number of carbonyl (C=O) groups is 2. The number of nitrogens with one attached hydrogen (secondary N) is 1. The quantitative estimate of drug-likeness (QED) is 0.829. The summed E-state index contributed by atoms with van der Waals surface area (Å²) in [7, 11) is -3.55. The summed E-state index contributed by atoms with van der Waals surface area (Å²) >= 11 is 0. The Bertz CT molecular complexity index is 714. The van der Waals surface area contributed by atoms with E-state index in [9.17, 15) is 23.1 Å². The lowest BCUT2D eigenvalue weighted by atomic mass is 9.90. The number of likely N-dealkylation sites (tertiary alicyclic amines) is 1. The van der Waals surface area contributed by atoms with Gasteiger partial charge in [-0.15, -0.1) is 0 Å². The maximum atomic E-state index is 12.4. The number of rotatable bonds is 5. The molecular weight excluding hydrogens is 320 g/mol. The Morgan fingerprint density at radius 2 is 1.91 bits per heavy atom. The molecule has 1 atom stereocenters. The predicted octanol–water partition coefficient (Wildman–Crippen LogP) is 0.922. The van der Waals surface area contributed by atoms with Crippen LogP contribution in [-0.2, 0) is 14.8 Å². The van der Waals surface area contributed by atoms with E-state index in [-0.39, 0.29) is 23.9 Å². The number of carboxylic acid groups (broad SMARTS) is 1. The monoisotopic (exact) mass is 340 g/mol. The smallest absolute Gasteiger partial charge is 0.311 e. The number of nitrogens with zero attached hydrogens (tertiary/aromatic N) is 1. The van der Waals surface area contributed by atoms with E-state index in [0.29, 0.717) is 18.5 Å². The summed E-state index contributed by atoms with van der Waals surface area (Å²) in [6.07, 6.45) is 0.404. The SMILES string of the molecule is CCNS(=O)(=O)c1ccc(C(=O)N2CCC(C)(C(=O)O)C2)cc1. The molecule has 1 fully saturated rings. The van der Waals surface area contributed by atoms with E-state index in [4.69, 9.17) is 0 Å². The van der Waals surface area contributed by atoms with Crippen molar-refractivity contribution in [2.24, 2.45) is 5.41 Å². The molecule has 0 saturated carbocycles. The molecule has 8 heteroatoms. The van der Waals surface area contributed by atoms with E-state index in [1.54, 1.807) is 13.8 Å². The van der Waals surface area contributed by atoms with Crippen LogP contribution in [0.1, 0.15) is 30.6 Å². The number of amides is 1. The van der Waals surface area contributed by atoms with Gasteiger partial charge in [-0.05, 0) is 37.6 Å². The lowest BCUT2D eigenvalue weighted by Crippen LogP contribution is -2.34. The summed E-state index contributed by atoms with van der Waals surface area (Å²) < 4.78 is 26.1. The highest BCUT2D eigenvalue weighted by Crippen LogP contribution is 2.31. The highest BCUT2D eigenvalue weighted by atomic mass is 32.2. The number of benzene rings is 1. The van der Waals surface area contributed by atoms with Crippen LogP contribution in [0, 0.1) is 5.41 Å². The summed E-state index contributed by atoms with van der Waals surface area (Å²) in [5.41, 5.74) is -0.584. The summed E-state index contributed by atoms with van der Waals surface area (Å²) in [5, 5.41) is 9.21. The molecule has 0 aliphatic carbocycles. The van der Waals surface area contributed by atoms with Crippen LogP contribution in [0.3, 0.4) is 0 Å². The Morgan fingerprint density at radius 3 is 2.39 bits per heavy atom. The molecule has 0 aromatic heterocycles. The molecule has 1 aliphatic rings. The van der Waals surface area contributed by atoms with E-state index < -0.39 is 21.4 Å². The molecule has 2 N–H and O–H groups in total. The van der Waals surface area contributed by atoms with E-state index in [0.717, 1.165) is 0 Å². The van der Waals surface area contributed by atoms with Gasteiger partial charge in [0.05, 0.1) is 10.3 Å². The Hall–Kier alpha value is -1.93. The minimum Gasteiger partial charge on any atom is -0.481 e. The van der Waals surface area contributed by atoms with Crippen LogP contribution < -0.4 is 4.72 Å². The van der Waals surface area contributed by atoms with Crippen LogP contribution in [0.25, 0.3) is 0 Å². The molecular formula is C15H20N2O5S. The number of carboxylic acids is 1. The molecule has 1 amide bonds. The number of sulfonamides is 1. The molecule has 1 saturated heterocycles. The van der Waals surface area contributed by atoms with Crippen LogP contribution in [0.15, 0.2) is 29.2 Å². The zero-order valence-electron chi connectivity index (χ0n) is 13.1. The Labute approximate surface area is 135 Å². The first-order valence-corrected chi connectivity index (χ1v) is 8.80. The van der Waals surface area contributed by atoms with Gasteiger partial charge in [-0.1, -0.05) is 6.92 Å². The van der Waals surface area contributed by atoms with Gasteiger partial charge < -0.3 is 10.0 Å². The summed E-state index contributed by atoms with van der Waals surface area (Å²) in [6, 6.07) is 5.64. The van der Waals surface area contributed by atoms with Gasteiger partial charge in [-0.3, -0.25) is 9.59 Å². The van der Waals surface area contributed by atoms with Gasteiger partial charge in [0.15, 0.2) is 0 Å². The largest absolute Gasteiger partial charge is 0.481 e. The second-order valence-corrected chi connectivity index (χ2v) is 7.64. The maximum absolute atomic E-state index is 12.4. The third kappa shape index (κ3) is 3.53. The third-order valence-electron chi connectivity index (χ3n) is 4.02. The molecule has 23 heavy (non-hydrogen) atoms. The molecule has 1 aromatic rings. The van der Waals surface area contributed by atoms with Crippen LogP contribution >= 0.6 is 0 Å². The van der Waals surface area contributed by atoms with E-state index >= 15 is 0 Å². The third-order valence-corrected chi connectivity index (χ3v) is 5.58. The van der Waals surface area contributed by atoms with Gasteiger partial charge in [0.1, 0.15) is 0 Å². The molecule has 0 bridgehead atoms. The van der Waals surface area contributed by atoms with Crippen molar-refractivity contribution >= 4 is 21.9 Å². The number of carbonyl (C=O) groups excluding carboxylic acids is 1. The van der Waals surface area contributed by atoms with Crippen molar-refractivity contribution in [3.63, 3.8) is 0 Å². The Balaban J connectivity index is 2.15. The lowest BCUT2D eigenvalue weighted by molar-refractivity contribution is -0.147. The molecule has 2 rings (SSSR count). The predicted molar refractivity (Wildman–Crippen MR) is 83.6 cm³/mol. The van der Waals surface area contributed by atoms with Crippen LogP contribution in [0.5, 0.6) is 0 Å². The fraction of sp³-hybridized carbons (Fsp3) is 0.467. The zero-order valence-corrected chi connectivity index (χ0v) is 13.9. The van der Waals surface area contributed by atoms with Crippen molar-refractivity contribution in [2.45, 2.75) is 25.2 Å².